The van der Waals surface area contributed by atoms with E-state index in [4.69, 9.17) is 4.74 Å². The van der Waals surface area contributed by atoms with Gasteiger partial charge >= 0.3 is 5.97 Å². The lowest BCUT2D eigenvalue weighted by atomic mass is 9.93. The molecule has 2 nitrogen and oxygen atoms in total. The molecule has 0 radical (unpaired) electrons. The molecule has 122 valence electrons. The van der Waals surface area contributed by atoms with Crippen molar-refractivity contribution in [2.45, 2.75) is 64.4 Å². The molecule has 0 aliphatic heterocycles. The summed E-state index contributed by atoms with van der Waals surface area (Å²) in [7, 11) is 0. The molecular weight excluding hydrogens is 284 g/mol. The van der Waals surface area contributed by atoms with Crippen molar-refractivity contribution in [3.63, 3.8) is 0 Å². The first kappa shape index (κ1) is 16.0. The van der Waals surface area contributed by atoms with Gasteiger partial charge in [-0.1, -0.05) is 51.1 Å². The molecule has 1 saturated carbocycles. The highest BCUT2D eigenvalue weighted by Crippen LogP contribution is 2.37. The Hall–Kier alpha value is -1.83. The highest BCUT2D eigenvalue weighted by molar-refractivity contribution is 6.05. The van der Waals surface area contributed by atoms with Crippen LogP contribution in [-0.2, 0) is 4.74 Å². The van der Waals surface area contributed by atoms with E-state index in [0.717, 1.165) is 42.9 Å². The van der Waals surface area contributed by atoms with Crippen LogP contribution in [0, 0.1) is 0 Å². The van der Waals surface area contributed by atoms with Gasteiger partial charge in [0.05, 0.1) is 5.56 Å². The molecule has 0 amide bonds. The van der Waals surface area contributed by atoms with Crippen molar-refractivity contribution >= 4 is 16.7 Å². The molecule has 2 aromatic rings. The second-order valence-corrected chi connectivity index (χ2v) is 7.04. The molecule has 0 saturated heterocycles. The Kier molecular flexibility index (Phi) is 4.43. The van der Waals surface area contributed by atoms with E-state index in [2.05, 4.69) is 32.9 Å². The number of rotatable bonds is 4. The lowest BCUT2D eigenvalue weighted by Crippen LogP contribution is -2.31. The Bertz CT molecular complexity index is 709. The Labute approximate surface area is 138 Å². The zero-order valence-corrected chi connectivity index (χ0v) is 14.4. The fourth-order valence-electron chi connectivity index (χ4n) is 3.80. The molecule has 0 atom stereocenters. The third-order valence-electron chi connectivity index (χ3n) is 5.27. The van der Waals surface area contributed by atoms with Crippen molar-refractivity contribution in [2.75, 3.05) is 0 Å². The third kappa shape index (κ3) is 2.99. The molecular formula is C21H26O2. The second kappa shape index (κ2) is 6.35. The minimum atomic E-state index is -0.241. The number of hydrogen-bond donors (Lipinski definition) is 0. The fourth-order valence-corrected chi connectivity index (χ4v) is 3.80. The van der Waals surface area contributed by atoms with Crippen LogP contribution < -0.4 is 0 Å². The molecule has 2 heteroatoms. The minimum Gasteiger partial charge on any atom is -0.455 e. The van der Waals surface area contributed by atoms with Crippen LogP contribution in [0.4, 0.5) is 0 Å². The van der Waals surface area contributed by atoms with Crippen molar-refractivity contribution < 1.29 is 9.53 Å². The van der Waals surface area contributed by atoms with E-state index in [1.165, 1.54) is 5.56 Å². The number of carbonyl (C=O) groups excluding carboxylic acids is 1. The van der Waals surface area contributed by atoms with Crippen molar-refractivity contribution in [1.82, 2.24) is 0 Å². The number of esters is 1. The van der Waals surface area contributed by atoms with Crippen LogP contribution in [-0.4, -0.2) is 11.6 Å². The molecule has 0 spiro atoms. The summed E-state index contributed by atoms with van der Waals surface area (Å²) >= 11 is 0. The van der Waals surface area contributed by atoms with Gasteiger partial charge in [0, 0.05) is 0 Å². The SMILES string of the molecule is CCC1(OC(=O)c2ccc(C(C)C)c3ccccc23)CCCC1. The molecule has 0 aromatic heterocycles. The maximum Gasteiger partial charge on any atom is 0.339 e. The lowest BCUT2D eigenvalue weighted by molar-refractivity contribution is -0.0170. The van der Waals surface area contributed by atoms with E-state index >= 15 is 0 Å². The van der Waals surface area contributed by atoms with Gasteiger partial charge < -0.3 is 4.74 Å². The van der Waals surface area contributed by atoms with Gasteiger partial charge in [-0.05, 0) is 60.4 Å². The Morgan fingerprint density at radius 1 is 1.09 bits per heavy atom. The molecule has 0 N–H and O–H groups in total. The van der Waals surface area contributed by atoms with Crippen molar-refractivity contribution in [2.24, 2.45) is 0 Å². The van der Waals surface area contributed by atoms with Crippen LogP contribution in [0.3, 0.4) is 0 Å². The van der Waals surface area contributed by atoms with Crippen molar-refractivity contribution in [1.29, 1.82) is 0 Å². The number of fused-ring (bicyclic) bond motifs is 1. The number of hydrogen-bond acceptors (Lipinski definition) is 2. The molecule has 1 fully saturated rings. The van der Waals surface area contributed by atoms with E-state index in [9.17, 15) is 4.79 Å². The quantitative estimate of drug-likeness (QED) is 0.663. The summed E-state index contributed by atoms with van der Waals surface area (Å²) in [6.45, 7) is 6.49. The van der Waals surface area contributed by atoms with Gasteiger partial charge in [-0.15, -0.1) is 0 Å². The average molecular weight is 310 g/mol. The fraction of sp³-hybridized carbons (Fsp3) is 0.476. The van der Waals surface area contributed by atoms with Gasteiger partial charge in [-0.25, -0.2) is 4.79 Å². The molecule has 2 aromatic carbocycles. The normalized spacial score (nSPS) is 16.9. The zero-order chi connectivity index (χ0) is 16.4. The van der Waals surface area contributed by atoms with Crippen molar-refractivity contribution in [3.05, 3.63) is 47.5 Å². The Balaban J connectivity index is 2.00. The largest absolute Gasteiger partial charge is 0.455 e. The van der Waals surface area contributed by atoms with Crippen LogP contribution in [0.2, 0.25) is 0 Å². The highest BCUT2D eigenvalue weighted by Gasteiger charge is 2.36. The van der Waals surface area contributed by atoms with Gasteiger partial charge in [-0.2, -0.15) is 0 Å². The summed E-state index contributed by atoms with van der Waals surface area (Å²) in [5.74, 6) is 0.266. The summed E-state index contributed by atoms with van der Waals surface area (Å²) in [6, 6.07) is 12.2. The zero-order valence-electron chi connectivity index (χ0n) is 14.4. The van der Waals surface area contributed by atoms with Gasteiger partial charge in [0.15, 0.2) is 0 Å². The smallest absolute Gasteiger partial charge is 0.339 e. The van der Waals surface area contributed by atoms with Crippen LogP contribution in [0.5, 0.6) is 0 Å². The van der Waals surface area contributed by atoms with Crippen LogP contribution >= 0.6 is 0 Å². The van der Waals surface area contributed by atoms with Crippen LogP contribution in [0.1, 0.15) is 74.7 Å². The minimum absolute atomic E-state index is 0.166. The first-order valence-corrected chi connectivity index (χ1v) is 8.81. The molecule has 1 aliphatic rings. The summed E-state index contributed by atoms with van der Waals surface area (Å²) < 4.78 is 6.00. The van der Waals surface area contributed by atoms with Crippen LogP contribution in [0.25, 0.3) is 10.8 Å². The second-order valence-electron chi connectivity index (χ2n) is 7.04. The first-order chi connectivity index (χ1) is 11.1. The van der Waals surface area contributed by atoms with Crippen LogP contribution in [0.15, 0.2) is 36.4 Å². The molecule has 23 heavy (non-hydrogen) atoms. The van der Waals surface area contributed by atoms with Gasteiger partial charge in [0.1, 0.15) is 5.60 Å². The van der Waals surface area contributed by atoms with E-state index < -0.39 is 0 Å². The summed E-state index contributed by atoms with van der Waals surface area (Å²) in [5.41, 5.74) is 1.74. The highest BCUT2D eigenvalue weighted by atomic mass is 16.6. The summed E-state index contributed by atoms with van der Waals surface area (Å²) in [6.07, 6.45) is 5.22. The third-order valence-corrected chi connectivity index (χ3v) is 5.27. The molecule has 3 rings (SSSR count). The van der Waals surface area contributed by atoms with Crippen molar-refractivity contribution in [3.8, 4) is 0 Å². The summed E-state index contributed by atoms with van der Waals surface area (Å²) in [4.78, 5) is 12.8. The molecule has 0 heterocycles. The molecule has 1 aliphatic carbocycles. The summed E-state index contributed by atoms with van der Waals surface area (Å²) in [5, 5.41) is 2.17. The Morgan fingerprint density at radius 3 is 2.35 bits per heavy atom. The standard InChI is InChI=1S/C21H26O2/c1-4-21(13-7-8-14-21)23-20(22)19-12-11-16(15(2)3)17-9-5-6-10-18(17)19/h5-6,9-12,15H,4,7-8,13-14H2,1-3H3. The monoisotopic (exact) mass is 310 g/mol. The topological polar surface area (TPSA) is 26.3 Å². The number of ether oxygens (including phenoxy) is 1. The maximum atomic E-state index is 12.8. The number of carbonyl (C=O) groups is 1. The first-order valence-electron chi connectivity index (χ1n) is 8.81. The van der Waals surface area contributed by atoms with Gasteiger partial charge in [0.25, 0.3) is 0 Å². The maximum absolute atomic E-state index is 12.8. The molecule has 0 unspecified atom stereocenters. The van der Waals surface area contributed by atoms with E-state index in [-0.39, 0.29) is 11.6 Å². The van der Waals surface area contributed by atoms with E-state index in [0.29, 0.717) is 11.5 Å². The predicted octanol–water partition coefficient (Wildman–Crippen LogP) is 5.84. The van der Waals surface area contributed by atoms with E-state index in [1.807, 2.05) is 24.3 Å². The number of benzene rings is 2. The average Bonchev–Trinajstić information content (AvgIpc) is 3.02. The predicted molar refractivity (Wildman–Crippen MR) is 94.9 cm³/mol. The van der Waals surface area contributed by atoms with Gasteiger partial charge in [0.2, 0.25) is 0 Å². The Morgan fingerprint density at radius 2 is 1.74 bits per heavy atom. The van der Waals surface area contributed by atoms with E-state index in [1.54, 1.807) is 0 Å². The molecule has 0 bridgehead atoms. The lowest BCUT2D eigenvalue weighted by Gasteiger charge is -2.28. The van der Waals surface area contributed by atoms with Gasteiger partial charge in [-0.3, -0.25) is 0 Å².